The van der Waals surface area contributed by atoms with Crippen LogP contribution in [0.4, 0.5) is 4.39 Å². The number of methoxy groups -OCH3 is 1. The third-order valence-corrected chi connectivity index (χ3v) is 4.49. The molecule has 0 bridgehead atoms. The zero-order valence-corrected chi connectivity index (χ0v) is 13.1. The Hall–Kier alpha value is -1.42. The van der Waals surface area contributed by atoms with Gasteiger partial charge in [0.05, 0.1) is 7.11 Å². The molecule has 0 spiro atoms. The fraction of sp³-hybridized carbons (Fsp3) is 0.588. The van der Waals surface area contributed by atoms with Gasteiger partial charge in [0.25, 0.3) is 0 Å². The third-order valence-electron chi connectivity index (χ3n) is 4.49. The molecule has 1 heterocycles. The summed E-state index contributed by atoms with van der Waals surface area (Å²) < 4.78 is 17.9. The van der Waals surface area contributed by atoms with Gasteiger partial charge in [-0.2, -0.15) is 0 Å². The van der Waals surface area contributed by atoms with Crippen LogP contribution in [0.3, 0.4) is 0 Å². The van der Waals surface area contributed by atoms with E-state index in [2.05, 4.69) is 18.7 Å². The van der Waals surface area contributed by atoms with Crippen molar-refractivity contribution in [3.05, 3.63) is 35.6 Å². The summed E-state index contributed by atoms with van der Waals surface area (Å²) in [4.78, 5) is 14.0. The fourth-order valence-electron chi connectivity index (χ4n) is 2.97. The van der Waals surface area contributed by atoms with E-state index in [0.717, 1.165) is 37.9 Å². The molecule has 0 aliphatic carbocycles. The molecule has 0 saturated carbocycles. The minimum atomic E-state index is -0.208. The van der Waals surface area contributed by atoms with E-state index < -0.39 is 0 Å². The molecule has 0 amide bonds. The van der Waals surface area contributed by atoms with Gasteiger partial charge in [-0.05, 0) is 55.5 Å². The van der Waals surface area contributed by atoms with Crippen molar-refractivity contribution in [1.29, 1.82) is 0 Å². The van der Waals surface area contributed by atoms with Crippen LogP contribution in [-0.2, 0) is 14.9 Å². The average molecular weight is 293 g/mol. The van der Waals surface area contributed by atoms with Crippen molar-refractivity contribution in [1.82, 2.24) is 4.90 Å². The van der Waals surface area contributed by atoms with Crippen LogP contribution in [0.5, 0.6) is 0 Å². The van der Waals surface area contributed by atoms with Crippen molar-refractivity contribution in [2.24, 2.45) is 0 Å². The van der Waals surface area contributed by atoms with Crippen LogP contribution >= 0.6 is 0 Å². The van der Waals surface area contributed by atoms with Gasteiger partial charge >= 0.3 is 5.97 Å². The van der Waals surface area contributed by atoms with Crippen molar-refractivity contribution in [3.63, 3.8) is 0 Å². The van der Waals surface area contributed by atoms with Crippen LogP contribution in [0, 0.1) is 5.82 Å². The van der Waals surface area contributed by atoms with Gasteiger partial charge in [0, 0.05) is 0 Å². The second kappa shape index (κ2) is 6.56. The number of hydrogen-bond donors (Lipinski definition) is 0. The number of carbonyl (C=O) groups excluding carboxylic acids is 1. The highest BCUT2D eigenvalue weighted by Gasteiger charge is 2.32. The van der Waals surface area contributed by atoms with E-state index in [9.17, 15) is 9.18 Å². The monoisotopic (exact) mass is 293 g/mol. The molecule has 1 atom stereocenters. The zero-order valence-electron chi connectivity index (χ0n) is 13.1. The second-order valence-electron chi connectivity index (χ2n) is 6.36. The molecule has 3 nitrogen and oxygen atoms in total. The zero-order chi connectivity index (χ0) is 15.5. The van der Waals surface area contributed by atoms with E-state index in [1.54, 1.807) is 0 Å². The van der Waals surface area contributed by atoms with E-state index in [1.807, 2.05) is 12.1 Å². The quantitative estimate of drug-likeness (QED) is 0.781. The van der Waals surface area contributed by atoms with Crippen LogP contribution in [0.1, 0.15) is 38.7 Å². The first-order valence-electron chi connectivity index (χ1n) is 7.52. The molecule has 1 aromatic rings. The molecule has 0 N–H and O–H groups in total. The lowest BCUT2D eigenvalue weighted by molar-refractivity contribution is -0.145. The SMILES string of the molecule is COC(=O)C1CCCN1CCC(C)(C)c1ccc(F)cc1. The smallest absolute Gasteiger partial charge is 0.323 e. The number of carbonyl (C=O) groups is 1. The molecule has 1 aromatic carbocycles. The molecule has 4 heteroatoms. The Balaban J connectivity index is 1.97. The van der Waals surface area contributed by atoms with Gasteiger partial charge in [-0.25, -0.2) is 4.39 Å². The number of halogens is 1. The summed E-state index contributed by atoms with van der Waals surface area (Å²) in [6.07, 6.45) is 2.84. The summed E-state index contributed by atoms with van der Waals surface area (Å²) >= 11 is 0. The van der Waals surface area contributed by atoms with Crippen molar-refractivity contribution < 1.29 is 13.9 Å². The highest BCUT2D eigenvalue weighted by atomic mass is 19.1. The van der Waals surface area contributed by atoms with Gasteiger partial charge in [-0.3, -0.25) is 9.69 Å². The molecule has 1 fully saturated rings. The van der Waals surface area contributed by atoms with E-state index in [1.165, 1.54) is 19.2 Å². The molecule has 1 aliphatic rings. The third kappa shape index (κ3) is 3.82. The topological polar surface area (TPSA) is 29.5 Å². The fourth-order valence-corrected chi connectivity index (χ4v) is 2.97. The maximum absolute atomic E-state index is 13.0. The first-order valence-corrected chi connectivity index (χ1v) is 7.52. The number of hydrogen-bond acceptors (Lipinski definition) is 3. The lowest BCUT2D eigenvalue weighted by atomic mass is 9.81. The summed E-state index contributed by atoms with van der Waals surface area (Å²) in [6.45, 7) is 6.11. The number of ether oxygens (including phenoxy) is 1. The summed E-state index contributed by atoms with van der Waals surface area (Å²) in [7, 11) is 1.45. The molecule has 1 aliphatic heterocycles. The van der Waals surface area contributed by atoms with Crippen LogP contribution in [0.15, 0.2) is 24.3 Å². The Bertz CT molecular complexity index is 484. The lowest BCUT2D eigenvalue weighted by Gasteiger charge is -2.30. The highest BCUT2D eigenvalue weighted by molar-refractivity contribution is 5.75. The maximum atomic E-state index is 13.0. The van der Waals surface area contributed by atoms with Crippen LogP contribution in [-0.4, -0.2) is 37.1 Å². The Morgan fingerprint density at radius 2 is 2.05 bits per heavy atom. The van der Waals surface area contributed by atoms with Gasteiger partial charge in [-0.1, -0.05) is 26.0 Å². The van der Waals surface area contributed by atoms with Crippen LogP contribution in [0.25, 0.3) is 0 Å². The molecule has 116 valence electrons. The second-order valence-corrected chi connectivity index (χ2v) is 6.36. The van der Waals surface area contributed by atoms with Gasteiger partial charge < -0.3 is 4.74 Å². The van der Waals surface area contributed by atoms with Crippen molar-refractivity contribution in [2.75, 3.05) is 20.2 Å². The number of nitrogens with zero attached hydrogens (tertiary/aromatic N) is 1. The van der Waals surface area contributed by atoms with Crippen molar-refractivity contribution in [3.8, 4) is 0 Å². The first kappa shape index (κ1) is 16.0. The summed E-state index contributed by atoms with van der Waals surface area (Å²) in [5.41, 5.74) is 1.08. The molecule has 2 rings (SSSR count). The number of likely N-dealkylation sites (tertiary alicyclic amines) is 1. The lowest BCUT2D eigenvalue weighted by Crippen LogP contribution is -2.39. The Morgan fingerprint density at radius 1 is 1.38 bits per heavy atom. The predicted octanol–water partition coefficient (Wildman–Crippen LogP) is 3.13. The maximum Gasteiger partial charge on any atom is 0.323 e. The predicted molar refractivity (Wildman–Crippen MR) is 80.7 cm³/mol. The Morgan fingerprint density at radius 3 is 2.67 bits per heavy atom. The molecule has 0 aromatic heterocycles. The number of esters is 1. The van der Waals surface area contributed by atoms with Gasteiger partial charge in [0.1, 0.15) is 11.9 Å². The molecule has 1 unspecified atom stereocenters. The molecular formula is C17H24FNO2. The number of rotatable bonds is 5. The minimum absolute atomic E-state index is 0.0447. The Kier molecular flexibility index (Phi) is 4.99. The normalized spacial score (nSPS) is 19.7. The van der Waals surface area contributed by atoms with Gasteiger partial charge in [-0.15, -0.1) is 0 Å². The molecule has 0 radical (unpaired) electrons. The van der Waals surface area contributed by atoms with Crippen LogP contribution in [0.2, 0.25) is 0 Å². The first-order chi connectivity index (χ1) is 9.94. The minimum Gasteiger partial charge on any atom is -0.468 e. The summed E-state index contributed by atoms with van der Waals surface area (Å²) in [6, 6.07) is 6.60. The molecular weight excluding hydrogens is 269 g/mol. The highest BCUT2D eigenvalue weighted by Crippen LogP contribution is 2.29. The van der Waals surface area contributed by atoms with Crippen molar-refractivity contribution in [2.45, 2.75) is 44.6 Å². The van der Waals surface area contributed by atoms with E-state index in [0.29, 0.717) is 0 Å². The average Bonchev–Trinajstić information content (AvgIpc) is 2.93. The van der Waals surface area contributed by atoms with Crippen molar-refractivity contribution >= 4 is 5.97 Å². The standard InChI is InChI=1S/C17H24FNO2/c1-17(2,13-6-8-14(18)9-7-13)10-12-19-11-4-5-15(19)16(20)21-3/h6-9,15H,4-5,10-12H2,1-3H3. The van der Waals surface area contributed by atoms with E-state index in [4.69, 9.17) is 4.74 Å². The van der Waals surface area contributed by atoms with E-state index in [-0.39, 0.29) is 23.2 Å². The Labute approximate surface area is 126 Å². The largest absolute Gasteiger partial charge is 0.468 e. The van der Waals surface area contributed by atoms with E-state index >= 15 is 0 Å². The molecule has 1 saturated heterocycles. The molecule has 21 heavy (non-hydrogen) atoms. The number of benzene rings is 1. The van der Waals surface area contributed by atoms with Crippen LogP contribution < -0.4 is 0 Å². The summed E-state index contributed by atoms with van der Waals surface area (Å²) in [5, 5.41) is 0. The van der Waals surface area contributed by atoms with Gasteiger partial charge in [0.15, 0.2) is 0 Å². The summed E-state index contributed by atoms with van der Waals surface area (Å²) in [5.74, 6) is -0.341. The van der Waals surface area contributed by atoms with Gasteiger partial charge in [0.2, 0.25) is 0 Å².